The minimum absolute atomic E-state index is 0.0391. The zero-order valence-corrected chi connectivity index (χ0v) is 16.7. The lowest BCUT2D eigenvalue weighted by Crippen LogP contribution is -2.37. The van der Waals surface area contributed by atoms with Crippen molar-refractivity contribution in [3.63, 3.8) is 0 Å². The summed E-state index contributed by atoms with van der Waals surface area (Å²) in [5.74, 6) is 2.50. The smallest absolute Gasteiger partial charge is 0.415 e. The van der Waals surface area contributed by atoms with Crippen LogP contribution in [0.4, 0.5) is 16.6 Å². The van der Waals surface area contributed by atoms with Gasteiger partial charge in [0.15, 0.2) is 5.75 Å². The van der Waals surface area contributed by atoms with Crippen LogP contribution in [0.5, 0.6) is 11.5 Å². The van der Waals surface area contributed by atoms with Crippen molar-refractivity contribution in [3.8, 4) is 11.5 Å². The molecule has 0 saturated carbocycles. The van der Waals surface area contributed by atoms with Crippen LogP contribution < -0.4 is 15.0 Å². The van der Waals surface area contributed by atoms with E-state index in [2.05, 4.69) is 39.1 Å². The van der Waals surface area contributed by atoms with Crippen LogP contribution in [-0.4, -0.2) is 38.7 Å². The molecule has 1 atom stereocenters. The van der Waals surface area contributed by atoms with Gasteiger partial charge in [-0.15, -0.1) is 0 Å². The summed E-state index contributed by atoms with van der Waals surface area (Å²) in [5.41, 5.74) is 1.03. The van der Waals surface area contributed by atoms with E-state index in [9.17, 15) is 4.79 Å². The van der Waals surface area contributed by atoms with Gasteiger partial charge in [0.05, 0.1) is 18.4 Å². The van der Waals surface area contributed by atoms with Gasteiger partial charge >= 0.3 is 6.09 Å². The van der Waals surface area contributed by atoms with Crippen LogP contribution in [0, 0.1) is 5.92 Å². The maximum atomic E-state index is 12.1. The molecule has 0 spiro atoms. The zero-order chi connectivity index (χ0) is 20.9. The highest BCUT2D eigenvalue weighted by Gasteiger charge is 2.37. The topological polar surface area (TPSA) is 102 Å². The van der Waals surface area contributed by atoms with Gasteiger partial charge in [0.25, 0.3) is 0 Å². The second-order valence-electron chi connectivity index (χ2n) is 7.17. The number of nitrogens with one attached hydrogen (secondary N) is 1. The fourth-order valence-electron chi connectivity index (χ4n) is 3.09. The van der Waals surface area contributed by atoms with E-state index >= 15 is 0 Å². The molecular weight excluding hydrogens is 384 g/mol. The van der Waals surface area contributed by atoms with E-state index in [0.29, 0.717) is 36.4 Å². The molecule has 1 unspecified atom stereocenters. The van der Waals surface area contributed by atoms with Crippen LogP contribution >= 0.6 is 0 Å². The van der Waals surface area contributed by atoms with Crippen molar-refractivity contribution in [2.75, 3.05) is 16.8 Å². The lowest BCUT2D eigenvalue weighted by atomic mass is 10.0. The molecule has 0 aliphatic carbocycles. The average molecular weight is 406 g/mol. The third-order valence-electron chi connectivity index (χ3n) is 4.71. The second-order valence-corrected chi connectivity index (χ2v) is 7.17. The molecule has 0 bridgehead atoms. The number of hydrogen-bond donors (Lipinski definition) is 1. The Kier molecular flexibility index (Phi) is 5.69. The zero-order valence-electron chi connectivity index (χ0n) is 16.7. The lowest BCUT2D eigenvalue weighted by Gasteiger charge is -2.23. The molecule has 30 heavy (non-hydrogen) atoms. The molecule has 1 aliphatic rings. The van der Waals surface area contributed by atoms with Crippen LogP contribution in [0.25, 0.3) is 0 Å². The number of carbonyl (C=O) groups excluding carboxylic acids is 1. The number of carbonyl (C=O) groups is 1. The molecule has 0 radical (unpaired) electrons. The normalized spacial score (nSPS) is 15.9. The third kappa shape index (κ3) is 4.45. The van der Waals surface area contributed by atoms with E-state index in [1.54, 1.807) is 29.6 Å². The molecule has 1 aliphatic heterocycles. The Hall–Kier alpha value is -3.75. The maximum absolute atomic E-state index is 12.1. The number of anilines is 2. The Labute approximate surface area is 174 Å². The quantitative estimate of drug-likeness (QED) is 0.634. The van der Waals surface area contributed by atoms with Crippen LogP contribution in [0.1, 0.15) is 19.4 Å². The van der Waals surface area contributed by atoms with E-state index in [0.717, 1.165) is 5.56 Å². The first-order valence-electron chi connectivity index (χ1n) is 9.65. The van der Waals surface area contributed by atoms with Gasteiger partial charge < -0.3 is 14.8 Å². The van der Waals surface area contributed by atoms with E-state index < -0.39 is 0 Å². The Morgan fingerprint density at radius 2 is 1.93 bits per heavy atom. The van der Waals surface area contributed by atoms with Crippen molar-refractivity contribution in [1.82, 2.24) is 19.9 Å². The van der Waals surface area contributed by atoms with E-state index in [4.69, 9.17) is 9.47 Å². The molecule has 1 amide bonds. The van der Waals surface area contributed by atoms with E-state index in [1.807, 2.05) is 24.3 Å². The molecule has 1 N–H and O–H groups in total. The molecule has 3 aromatic rings. The summed E-state index contributed by atoms with van der Waals surface area (Å²) in [6.07, 6.45) is 5.92. The van der Waals surface area contributed by atoms with Crippen molar-refractivity contribution < 1.29 is 14.3 Å². The van der Waals surface area contributed by atoms with Gasteiger partial charge in [0.2, 0.25) is 5.95 Å². The number of hydrogen-bond acceptors (Lipinski definition) is 8. The number of cyclic esters (lactones) is 1. The van der Waals surface area contributed by atoms with Crippen LogP contribution in [-0.2, 0) is 11.3 Å². The summed E-state index contributed by atoms with van der Waals surface area (Å²) in [6.45, 7) is 5.00. The van der Waals surface area contributed by atoms with Crippen LogP contribution in [0.3, 0.4) is 0 Å². The molecule has 9 nitrogen and oxygen atoms in total. The predicted octanol–water partition coefficient (Wildman–Crippen LogP) is 3.65. The highest BCUT2D eigenvalue weighted by atomic mass is 16.6. The number of ether oxygens (including phenoxy) is 2. The number of rotatable bonds is 7. The van der Waals surface area contributed by atoms with Crippen molar-refractivity contribution in [1.29, 1.82) is 0 Å². The fraction of sp³-hybridized carbons (Fsp3) is 0.286. The molecule has 1 fully saturated rings. The predicted molar refractivity (Wildman–Crippen MR) is 110 cm³/mol. The van der Waals surface area contributed by atoms with E-state index in [1.165, 1.54) is 6.33 Å². The van der Waals surface area contributed by atoms with Gasteiger partial charge in [-0.1, -0.05) is 26.0 Å². The standard InChI is InChI=1S/C21H22N6O3/c1-14(2)18-12-29-21(28)27(18)19-7-8-24-20(26-19)25-9-15-3-5-16(6-4-15)30-17-10-22-13-23-11-17/h3-8,10-11,13-14,18H,9,12H2,1-2H3,(H,24,25,26). The Balaban J connectivity index is 1.39. The van der Waals surface area contributed by atoms with Crippen molar-refractivity contribution in [2.45, 2.75) is 26.4 Å². The van der Waals surface area contributed by atoms with Gasteiger partial charge in [0, 0.05) is 12.7 Å². The van der Waals surface area contributed by atoms with Crippen LogP contribution in [0.15, 0.2) is 55.2 Å². The van der Waals surface area contributed by atoms with Gasteiger partial charge in [-0.2, -0.15) is 4.98 Å². The number of aromatic nitrogens is 4. The third-order valence-corrected chi connectivity index (χ3v) is 4.71. The van der Waals surface area contributed by atoms with Crippen molar-refractivity contribution in [2.24, 2.45) is 5.92 Å². The Bertz CT molecular complexity index is 997. The molecule has 4 rings (SSSR count). The molecule has 1 aromatic carbocycles. The summed E-state index contributed by atoms with van der Waals surface area (Å²) in [6, 6.07) is 9.31. The highest BCUT2D eigenvalue weighted by Crippen LogP contribution is 2.26. The molecule has 9 heteroatoms. The molecule has 2 aromatic heterocycles. The summed E-state index contributed by atoms with van der Waals surface area (Å²) in [7, 11) is 0. The molecule has 154 valence electrons. The lowest BCUT2D eigenvalue weighted by molar-refractivity contribution is 0.177. The highest BCUT2D eigenvalue weighted by molar-refractivity contribution is 5.89. The number of amides is 1. The number of benzene rings is 1. The SMILES string of the molecule is CC(C)C1COC(=O)N1c1ccnc(NCc2ccc(Oc3cncnc3)cc2)n1. The summed E-state index contributed by atoms with van der Waals surface area (Å²) in [5, 5.41) is 3.19. The first-order valence-corrected chi connectivity index (χ1v) is 9.65. The minimum atomic E-state index is -0.377. The Morgan fingerprint density at radius 3 is 2.67 bits per heavy atom. The first-order chi connectivity index (χ1) is 14.6. The van der Waals surface area contributed by atoms with Crippen molar-refractivity contribution in [3.05, 3.63) is 60.8 Å². The fourth-order valence-corrected chi connectivity index (χ4v) is 3.09. The number of nitrogens with zero attached hydrogens (tertiary/aromatic N) is 5. The summed E-state index contributed by atoms with van der Waals surface area (Å²) in [4.78, 5) is 30.3. The largest absolute Gasteiger partial charge is 0.454 e. The van der Waals surface area contributed by atoms with Crippen molar-refractivity contribution >= 4 is 17.9 Å². The average Bonchev–Trinajstić information content (AvgIpc) is 3.16. The Morgan fingerprint density at radius 1 is 1.17 bits per heavy atom. The van der Waals surface area contributed by atoms with Gasteiger partial charge in [-0.05, 0) is 29.7 Å². The van der Waals surface area contributed by atoms with Crippen LogP contribution in [0.2, 0.25) is 0 Å². The van der Waals surface area contributed by atoms with Gasteiger partial charge in [-0.25, -0.2) is 19.7 Å². The first kappa shape index (κ1) is 19.6. The second kappa shape index (κ2) is 8.73. The van der Waals surface area contributed by atoms with E-state index in [-0.39, 0.29) is 18.1 Å². The molecule has 3 heterocycles. The molecule has 1 saturated heterocycles. The summed E-state index contributed by atoms with van der Waals surface area (Å²) < 4.78 is 10.9. The minimum Gasteiger partial charge on any atom is -0.454 e. The maximum Gasteiger partial charge on any atom is 0.415 e. The monoisotopic (exact) mass is 406 g/mol. The molecular formula is C21H22N6O3. The van der Waals surface area contributed by atoms with Gasteiger partial charge in [0.1, 0.15) is 24.5 Å². The summed E-state index contributed by atoms with van der Waals surface area (Å²) >= 11 is 0. The van der Waals surface area contributed by atoms with Gasteiger partial charge in [-0.3, -0.25) is 4.90 Å².